The van der Waals surface area contributed by atoms with E-state index in [0.717, 1.165) is 12.1 Å². The molecule has 1 aliphatic rings. The van der Waals surface area contributed by atoms with Gasteiger partial charge in [-0.15, -0.1) is 0 Å². The number of thioether (sulfide) groups is 1. The first-order valence-corrected chi connectivity index (χ1v) is 8.16. The van der Waals surface area contributed by atoms with Crippen molar-refractivity contribution in [3.63, 3.8) is 0 Å². The monoisotopic (exact) mass is 385 g/mol. The number of carbonyl (C=O) groups is 3. The first-order chi connectivity index (χ1) is 12.2. The summed E-state index contributed by atoms with van der Waals surface area (Å²) in [5, 5.41) is 18.0. The number of carboxylic acids is 2. The molecule has 10 heteroatoms. The lowest BCUT2D eigenvalue weighted by Gasteiger charge is -2.18. The molecule has 1 aliphatic heterocycles. The van der Waals surface area contributed by atoms with Crippen LogP contribution in [0.25, 0.3) is 0 Å². The number of benzene rings is 1. The quantitative estimate of drug-likeness (QED) is 0.563. The molecule has 0 aromatic heterocycles. The second kappa shape index (κ2) is 9.30. The molecule has 0 N–H and O–H groups in total. The van der Waals surface area contributed by atoms with E-state index >= 15 is 0 Å². The zero-order chi connectivity index (χ0) is 20.0. The fraction of sp³-hybridized carbons (Fsp3) is 0.438. The predicted molar refractivity (Wildman–Crippen MR) is 89.3 cm³/mol. The standard InChI is InChI=1S/C14H19NO4S.C2H2O4/c1-15(2)7-10-8-6-9(17-3)12(18-4)13(19-5)11(8)14(16)20-10;3-1(4)2(5)6/h6,10H,7H2,1-5H3;(H,3,4)(H,5,6)/p-2. The van der Waals surface area contributed by atoms with Gasteiger partial charge in [-0.25, -0.2) is 0 Å². The Kier molecular flexibility index (Phi) is 7.72. The molecular formula is C16H19NO8S-2. The molecule has 0 aliphatic carbocycles. The highest BCUT2D eigenvalue weighted by Crippen LogP contribution is 2.52. The molecule has 0 radical (unpaired) electrons. The summed E-state index contributed by atoms with van der Waals surface area (Å²) in [4.78, 5) is 32.2. The molecule has 0 spiro atoms. The summed E-state index contributed by atoms with van der Waals surface area (Å²) in [7, 11) is 8.63. The van der Waals surface area contributed by atoms with E-state index in [-0.39, 0.29) is 10.4 Å². The van der Waals surface area contributed by atoms with Gasteiger partial charge >= 0.3 is 0 Å². The summed E-state index contributed by atoms with van der Waals surface area (Å²) >= 11 is 1.32. The second-order valence-electron chi connectivity index (χ2n) is 5.34. The molecule has 1 unspecified atom stereocenters. The molecule has 2 rings (SSSR count). The van der Waals surface area contributed by atoms with Gasteiger partial charge in [0.1, 0.15) is 0 Å². The molecule has 0 saturated heterocycles. The van der Waals surface area contributed by atoms with Crippen molar-refractivity contribution < 1.29 is 38.8 Å². The highest BCUT2D eigenvalue weighted by molar-refractivity contribution is 8.14. The van der Waals surface area contributed by atoms with Gasteiger partial charge in [0.25, 0.3) is 0 Å². The molecule has 1 atom stereocenters. The minimum atomic E-state index is -2.19. The van der Waals surface area contributed by atoms with Gasteiger partial charge in [-0.2, -0.15) is 0 Å². The summed E-state index contributed by atoms with van der Waals surface area (Å²) in [6, 6.07) is 1.88. The van der Waals surface area contributed by atoms with E-state index in [4.69, 9.17) is 34.0 Å². The SMILES string of the molecule is COc1cc2c(c(OC)c1OC)C(=O)SC2CN(C)C.O=C([O-])C(=O)[O-]. The largest absolute Gasteiger partial charge is 0.543 e. The van der Waals surface area contributed by atoms with Crippen LogP contribution in [-0.4, -0.2) is 63.9 Å². The van der Waals surface area contributed by atoms with Crippen molar-refractivity contribution in [1.29, 1.82) is 0 Å². The van der Waals surface area contributed by atoms with Crippen LogP contribution in [0.2, 0.25) is 0 Å². The zero-order valence-corrected chi connectivity index (χ0v) is 15.8. The lowest BCUT2D eigenvalue weighted by Crippen LogP contribution is -2.42. The number of carboxylic acid groups (broad SMARTS) is 2. The van der Waals surface area contributed by atoms with Crippen molar-refractivity contribution in [3.05, 3.63) is 17.2 Å². The van der Waals surface area contributed by atoms with Crippen LogP contribution in [0.3, 0.4) is 0 Å². The molecule has 0 saturated carbocycles. The van der Waals surface area contributed by atoms with Crippen LogP contribution < -0.4 is 24.4 Å². The van der Waals surface area contributed by atoms with Gasteiger partial charge in [0.15, 0.2) is 11.5 Å². The summed E-state index contributed by atoms with van der Waals surface area (Å²) < 4.78 is 16.1. The maximum atomic E-state index is 12.3. The average Bonchev–Trinajstić information content (AvgIpc) is 2.88. The highest BCUT2D eigenvalue weighted by atomic mass is 32.2. The Bertz CT molecular complexity index is 692. The molecule has 144 valence electrons. The van der Waals surface area contributed by atoms with Gasteiger partial charge in [0, 0.05) is 6.54 Å². The van der Waals surface area contributed by atoms with E-state index in [0.29, 0.717) is 22.8 Å². The zero-order valence-electron chi connectivity index (χ0n) is 15.0. The minimum Gasteiger partial charge on any atom is -0.543 e. The maximum absolute atomic E-state index is 12.3. The number of fused-ring (bicyclic) bond motifs is 1. The highest BCUT2D eigenvalue weighted by Gasteiger charge is 2.36. The third-order valence-corrected chi connectivity index (χ3v) is 4.46. The Labute approximate surface area is 154 Å². The van der Waals surface area contributed by atoms with Crippen molar-refractivity contribution in [3.8, 4) is 17.2 Å². The Morgan fingerprint density at radius 2 is 1.62 bits per heavy atom. The van der Waals surface area contributed by atoms with Crippen molar-refractivity contribution in [2.75, 3.05) is 42.0 Å². The minimum absolute atomic E-state index is 0.0182. The number of hydrogen-bond donors (Lipinski definition) is 0. The topological polar surface area (TPSA) is 128 Å². The Morgan fingerprint density at radius 1 is 1.08 bits per heavy atom. The number of likely N-dealkylation sites (N-methyl/N-ethyl adjacent to an activating group) is 1. The third-order valence-electron chi connectivity index (χ3n) is 3.36. The molecule has 1 aromatic carbocycles. The summed E-state index contributed by atoms with van der Waals surface area (Å²) in [6.07, 6.45) is 0. The van der Waals surface area contributed by atoms with E-state index in [1.807, 2.05) is 20.2 Å². The van der Waals surface area contributed by atoms with Gasteiger partial charge in [-0.05, 0) is 25.7 Å². The van der Waals surface area contributed by atoms with Crippen LogP contribution in [0.1, 0.15) is 21.2 Å². The van der Waals surface area contributed by atoms with Crippen molar-refractivity contribution in [2.45, 2.75) is 5.25 Å². The molecule has 0 amide bonds. The van der Waals surface area contributed by atoms with Crippen LogP contribution in [0.15, 0.2) is 6.07 Å². The van der Waals surface area contributed by atoms with E-state index in [1.165, 1.54) is 26.0 Å². The van der Waals surface area contributed by atoms with Gasteiger partial charge in [0.2, 0.25) is 10.9 Å². The van der Waals surface area contributed by atoms with Crippen molar-refractivity contribution >= 4 is 28.8 Å². The lowest BCUT2D eigenvalue weighted by molar-refractivity contribution is -0.345. The maximum Gasteiger partial charge on any atom is 0.224 e. The van der Waals surface area contributed by atoms with E-state index in [9.17, 15) is 4.79 Å². The number of ether oxygens (including phenoxy) is 3. The summed E-state index contributed by atoms with van der Waals surface area (Å²) in [5.41, 5.74) is 1.55. The van der Waals surface area contributed by atoms with Gasteiger partial charge in [0.05, 0.1) is 44.1 Å². The van der Waals surface area contributed by atoms with Gasteiger partial charge in [-0.1, -0.05) is 11.8 Å². The van der Waals surface area contributed by atoms with Crippen LogP contribution in [0, 0.1) is 0 Å². The first kappa shape index (κ1) is 21.6. The fourth-order valence-electron chi connectivity index (χ4n) is 2.36. The molecular weight excluding hydrogens is 366 g/mol. The Balaban J connectivity index is 0.000000487. The molecule has 1 aromatic rings. The number of rotatable bonds is 5. The predicted octanol–water partition coefficient (Wildman–Crippen LogP) is -1.31. The molecule has 9 nitrogen and oxygen atoms in total. The number of carbonyl (C=O) groups excluding carboxylic acids is 3. The normalized spacial score (nSPS) is 15.0. The van der Waals surface area contributed by atoms with Crippen LogP contribution in [0.5, 0.6) is 17.2 Å². The average molecular weight is 385 g/mol. The number of nitrogens with zero attached hydrogens (tertiary/aromatic N) is 1. The summed E-state index contributed by atoms with van der Waals surface area (Å²) in [5.74, 6) is -2.86. The van der Waals surface area contributed by atoms with Crippen LogP contribution in [-0.2, 0) is 9.59 Å². The number of hydrogen-bond acceptors (Lipinski definition) is 10. The molecule has 0 bridgehead atoms. The Morgan fingerprint density at radius 3 is 2.00 bits per heavy atom. The fourth-order valence-corrected chi connectivity index (χ4v) is 3.63. The summed E-state index contributed by atoms with van der Waals surface area (Å²) in [6.45, 7) is 0.780. The number of aliphatic carboxylic acids is 2. The van der Waals surface area contributed by atoms with E-state index < -0.39 is 11.9 Å². The van der Waals surface area contributed by atoms with Crippen molar-refractivity contribution in [1.82, 2.24) is 4.90 Å². The smallest absolute Gasteiger partial charge is 0.224 e. The van der Waals surface area contributed by atoms with Crippen molar-refractivity contribution in [2.24, 2.45) is 0 Å². The van der Waals surface area contributed by atoms with Crippen LogP contribution >= 0.6 is 11.8 Å². The second-order valence-corrected chi connectivity index (χ2v) is 6.52. The molecule has 0 fully saturated rings. The Hall–Kier alpha value is -2.46. The first-order valence-electron chi connectivity index (χ1n) is 7.28. The van der Waals surface area contributed by atoms with Gasteiger partial charge < -0.3 is 38.9 Å². The molecule has 1 heterocycles. The molecule has 26 heavy (non-hydrogen) atoms. The van der Waals surface area contributed by atoms with Gasteiger partial charge in [-0.3, -0.25) is 4.79 Å². The van der Waals surface area contributed by atoms with E-state index in [2.05, 4.69) is 4.90 Å². The lowest BCUT2D eigenvalue weighted by atomic mass is 10.0. The van der Waals surface area contributed by atoms with Crippen LogP contribution in [0.4, 0.5) is 0 Å². The third kappa shape index (κ3) is 4.79. The number of methoxy groups -OCH3 is 3. The van der Waals surface area contributed by atoms with E-state index in [1.54, 1.807) is 7.11 Å².